The Hall–Kier alpha value is -2.48. The second-order valence-corrected chi connectivity index (χ2v) is 9.07. The standard InChI is InChI=1S/C22H27N3O3S/c1-17(19-6-4-3-5-7-19)25-15-14-20(16-25)24-22(26)13-10-18-8-11-21(12-9-18)29(27,28)23-2/h3-13,17,20,23H,14-16H2,1-2H3,(H,24,26). The average molecular weight is 414 g/mol. The minimum Gasteiger partial charge on any atom is -0.348 e. The third kappa shape index (κ3) is 5.53. The van der Waals surface area contributed by atoms with E-state index in [1.165, 1.54) is 30.8 Å². The molecule has 1 aliphatic heterocycles. The number of amides is 1. The topological polar surface area (TPSA) is 78.5 Å². The second-order valence-electron chi connectivity index (χ2n) is 7.19. The van der Waals surface area contributed by atoms with Crippen molar-refractivity contribution in [3.63, 3.8) is 0 Å². The van der Waals surface area contributed by atoms with Crippen LogP contribution in [0.2, 0.25) is 0 Å². The van der Waals surface area contributed by atoms with Gasteiger partial charge in [-0.2, -0.15) is 0 Å². The molecule has 154 valence electrons. The molecule has 0 saturated carbocycles. The Balaban J connectivity index is 1.52. The molecule has 0 bridgehead atoms. The van der Waals surface area contributed by atoms with E-state index >= 15 is 0 Å². The summed E-state index contributed by atoms with van der Waals surface area (Å²) in [7, 11) is -2.08. The Labute approximate surface area is 172 Å². The predicted octanol–water partition coefficient (Wildman–Crippen LogP) is 2.56. The van der Waals surface area contributed by atoms with Crippen LogP contribution in [0.4, 0.5) is 0 Å². The lowest BCUT2D eigenvalue weighted by atomic mass is 10.1. The van der Waals surface area contributed by atoms with Crippen LogP contribution in [0.15, 0.2) is 65.6 Å². The molecule has 1 fully saturated rings. The highest BCUT2D eigenvalue weighted by Crippen LogP contribution is 2.24. The van der Waals surface area contributed by atoms with Gasteiger partial charge in [-0.25, -0.2) is 13.1 Å². The summed E-state index contributed by atoms with van der Waals surface area (Å²) in [4.78, 5) is 14.8. The third-order valence-corrected chi connectivity index (χ3v) is 6.71. The fraction of sp³-hybridized carbons (Fsp3) is 0.318. The van der Waals surface area contributed by atoms with Crippen molar-refractivity contribution >= 4 is 22.0 Å². The van der Waals surface area contributed by atoms with E-state index in [0.29, 0.717) is 6.04 Å². The van der Waals surface area contributed by atoms with Crippen LogP contribution in [0, 0.1) is 0 Å². The third-order valence-electron chi connectivity index (χ3n) is 5.28. The van der Waals surface area contributed by atoms with Crippen molar-refractivity contribution in [2.24, 2.45) is 0 Å². The molecule has 29 heavy (non-hydrogen) atoms. The number of sulfonamides is 1. The van der Waals surface area contributed by atoms with Gasteiger partial charge in [0.1, 0.15) is 0 Å². The lowest BCUT2D eigenvalue weighted by Crippen LogP contribution is -2.36. The fourth-order valence-corrected chi connectivity index (χ4v) is 4.23. The molecule has 0 aliphatic carbocycles. The molecule has 2 aromatic carbocycles. The number of likely N-dealkylation sites (tertiary alicyclic amines) is 1. The molecule has 1 saturated heterocycles. The van der Waals surface area contributed by atoms with Crippen LogP contribution in [0.3, 0.4) is 0 Å². The zero-order valence-electron chi connectivity index (χ0n) is 16.7. The van der Waals surface area contributed by atoms with Gasteiger partial charge in [-0.05, 0) is 49.7 Å². The summed E-state index contributed by atoms with van der Waals surface area (Å²) in [6.07, 6.45) is 4.10. The maximum absolute atomic E-state index is 12.3. The highest BCUT2D eigenvalue weighted by molar-refractivity contribution is 7.89. The molecule has 2 aromatic rings. The number of carbonyl (C=O) groups excluding carboxylic acids is 1. The summed E-state index contributed by atoms with van der Waals surface area (Å²) in [6.45, 7) is 3.97. The van der Waals surface area contributed by atoms with Gasteiger partial charge in [0.15, 0.2) is 0 Å². The first-order valence-electron chi connectivity index (χ1n) is 9.70. The van der Waals surface area contributed by atoms with E-state index < -0.39 is 10.0 Å². The van der Waals surface area contributed by atoms with E-state index in [1.54, 1.807) is 18.2 Å². The lowest BCUT2D eigenvalue weighted by molar-refractivity contribution is -0.117. The SMILES string of the molecule is CNS(=O)(=O)c1ccc(C=CC(=O)NC2CCN(C(C)c3ccccc3)C2)cc1. The van der Waals surface area contributed by atoms with Crippen LogP contribution in [0.1, 0.15) is 30.5 Å². The van der Waals surface area contributed by atoms with Gasteiger partial charge in [0, 0.05) is 31.2 Å². The molecule has 0 aromatic heterocycles. The van der Waals surface area contributed by atoms with E-state index in [2.05, 4.69) is 34.0 Å². The van der Waals surface area contributed by atoms with E-state index in [4.69, 9.17) is 0 Å². The first kappa shape index (κ1) is 21.2. The van der Waals surface area contributed by atoms with Crippen molar-refractivity contribution in [2.45, 2.75) is 30.3 Å². The van der Waals surface area contributed by atoms with Gasteiger partial charge in [-0.15, -0.1) is 0 Å². The van der Waals surface area contributed by atoms with Crippen molar-refractivity contribution in [2.75, 3.05) is 20.1 Å². The number of nitrogens with zero attached hydrogens (tertiary/aromatic N) is 1. The summed E-state index contributed by atoms with van der Waals surface area (Å²) in [5, 5.41) is 3.06. The highest BCUT2D eigenvalue weighted by Gasteiger charge is 2.27. The fourth-order valence-electron chi connectivity index (χ4n) is 3.50. The van der Waals surface area contributed by atoms with Gasteiger partial charge >= 0.3 is 0 Å². The molecule has 1 heterocycles. The number of carbonyl (C=O) groups is 1. The van der Waals surface area contributed by atoms with Gasteiger partial charge in [0.05, 0.1) is 4.90 Å². The Kier molecular flexibility index (Phi) is 6.84. The van der Waals surface area contributed by atoms with Crippen LogP contribution < -0.4 is 10.0 Å². The van der Waals surface area contributed by atoms with Crippen LogP contribution >= 0.6 is 0 Å². The molecule has 2 unspecified atom stereocenters. The smallest absolute Gasteiger partial charge is 0.244 e. The first-order chi connectivity index (χ1) is 13.9. The molecule has 6 nitrogen and oxygen atoms in total. The van der Waals surface area contributed by atoms with Crippen LogP contribution in [-0.4, -0.2) is 45.4 Å². The van der Waals surface area contributed by atoms with Gasteiger partial charge in [-0.1, -0.05) is 42.5 Å². The first-order valence-corrected chi connectivity index (χ1v) is 11.2. The van der Waals surface area contributed by atoms with Crippen molar-refractivity contribution in [3.8, 4) is 0 Å². The maximum Gasteiger partial charge on any atom is 0.244 e. The second kappa shape index (κ2) is 9.35. The van der Waals surface area contributed by atoms with Crippen molar-refractivity contribution in [1.82, 2.24) is 14.9 Å². The Bertz CT molecular complexity index is 957. The maximum atomic E-state index is 12.3. The molecule has 2 atom stereocenters. The summed E-state index contributed by atoms with van der Waals surface area (Å²) >= 11 is 0. The van der Waals surface area contributed by atoms with Crippen LogP contribution in [0.5, 0.6) is 0 Å². The monoisotopic (exact) mass is 413 g/mol. The molecule has 0 radical (unpaired) electrons. The quantitative estimate of drug-likeness (QED) is 0.684. The number of rotatable bonds is 7. The van der Waals surface area contributed by atoms with E-state index in [-0.39, 0.29) is 16.8 Å². The highest BCUT2D eigenvalue weighted by atomic mass is 32.2. The Morgan fingerprint density at radius 3 is 2.48 bits per heavy atom. The van der Waals surface area contributed by atoms with Crippen molar-refractivity contribution in [1.29, 1.82) is 0 Å². The van der Waals surface area contributed by atoms with E-state index in [1.807, 2.05) is 18.2 Å². The lowest BCUT2D eigenvalue weighted by Gasteiger charge is -2.24. The summed E-state index contributed by atoms with van der Waals surface area (Å²) in [5.74, 6) is -0.142. The van der Waals surface area contributed by atoms with Gasteiger partial charge in [0.25, 0.3) is 0 Å². The molecule has 1 amide bonds. The van der Waals surface area contributed by atoms with E-state index in [9.17, 15) is 13.2 Å². The molecular weight excluding hydrogens is 386 g/mol. The minimum atomic E-state index is -3.45. The molecule has 1 aliphatic rings. The van der Waals surface area contributed by atoms with Gasteiger partial charge in [0.2, 0.25) is 15.9 Å². The largest absolute Gasteiger partial charge is 0.348 e. The van der Waals surface area contributed by atoms with Crippen LogP contribution in [0.25, 0.3) is 6.08 Å². The van der Waals surface area contributed by atoms with Crippen molar-refractivity contribution in [3.05, 3.63) is 71.8 Å². The number of hydrogen-bond donors (Lipinski definition) is 2. The average Bonchev–Trinajstić information content (AvgIpc) is 3.21. The summed E-state index contributed by atoms with van der Waals surface area (Å²) in [5.41, 5.74) is 2.05. The van der Waals surface area contributed by atoms with Crippen molar-refractivity contribution < 1.29 is 13.2 Å². The zero-order valence-corrected chi connectivity index (χ0v) is 17.5. The molecule has 2 N–H and O–H groups in total. The molecular formula is C22H27N3O3S. The van der Waals surface area contributed by atoms with E-state index in [0.717, 1.165) is 25.1 Å². The number of hydrogen-bond acceptors (Lipinski definition) is 4. The molecule has 7 heteroatoms. The number of benzene rings is 2. The summed E-state index contributed by atoms with van der Waals surface area (Å²) < 4.78 is 25.8. The minimum absolute atomic E-state index is 0.126. The zero-order chi connectivity index (χ0) is 20.9. The van der Waals surface area contributed by atoms with Gasteiger partial charge < -0.3 is 5.32 Å². The molecule has 0 spiro atoms. The predicted molar refractivity (Wildman–Crippen MR) is 115 cm³/mol. The Morgan fingerprint density at radius 2 is 1.83 bits per heavy atom. The number of nitrogens with one attached hydrogen (secondary N) is 2. The van der Waals surface area contributed by atoms with Crippen LogP contribution in [-0.2, 0) is 14.8 Å². The van der Waals surface area contributed by atoms with Gasteiger partial charge in [-0.3, -0.25) is 9.69 Å². The molecule has 3 rings (SSSR count). The summed E-state index contributed by atoms with van der Waals surface area (Å²) in [6, 6.07) is 17.2. The normalized spacial score (nSPS) is 18.8. The Morgan fingerprint density at radius 1 is 1.14 bits per heavy atom.